The Hall–Kier alpha value is -3.17. The van der Waals surface area contributed by atoms with Crippen LogP contribution < -0.4 is 14.8 Å². The fraction of sp³-hybridized carbons (Fsp3) is 0.375. The van der Waals surface area contributed by atoms with E-state index in [4.69, 9.17) is 21.7 Å². The lowest BCUT2D eigenvalue weighted by Gasteiger charge is -2.30. The molecule has 33 heavy (non-hydrogen) atoms. The molecule has 9 heteroatoms. The predicted octanol–water partition coefficient (Wildman–Crippen LogP) is 3.82. The van der Waals surface area contributed by atoms with Gasteiger partial charge in [-0.25, -0.2) is 0 Å². The van der Waals surface area contributed by atoms with E-state index in [1.807, 2.05) is 42.5 Å². The predicted molar refractivity (Wildman–Crippen MR) is 131 cm³/mol. The zero-order valence-electron chi connectivity index (χ0n) is 19.5. The van der Waals surface area contributed by atoms with Gasteiger partial charge in [-0.2, -0.15) is 5.10 Å². The van der Waals surface area contributed by atoms with Crippen LogP contribution in [0.4, 0.5) is 0 Å². The van der Waals surface area contributed by atoms with Crippen LogP contribution in [-0.4, -0.2) is 59.4 Å². The monoisotopic (exact) mass is 469 g/mol. The van der Waals surface area contributed by atoms with E-state index in [0.717, 1.165) is 35.7 Å². The molecule has 1 amide bonds. The van der Waals surface area contributed by atoms with Crippen LogP contribution in [-0.2, 0) is 11.3 Å². The number of hydrogen-bond donors (Lipinski definition) is 2. The quantitative estimate of drug-likeness (QED) is 0.415. The first-order chi connectivity index (χ1) is 16.0. The van der Waals surface area contributed by atoms with Crippen LogP contribution in [0.15, 0.2) is 48.5 Å². The second-order valence-electron chi connectivity index (χ2n) is 7.48. The molecule has 1 heterocycles. The zero-order chi connectivity index (χ0) is 23.8. The maximum atomic E-state index is 12.9. The standard InChI is InChI=1S/C24H31N5O3S/c1-5-28(6-2)21(18-8-7-9-20(14-18)32-4)15-25-22(30)16-29-23(26-27-24(29)33)17-10-12-19(31-3)13-11-17/h7-14,21H,5-6,15-16H2,1-4H3,(H,25,30)(H,27,33). The van der Waals surface area contributed by atoms with E-state index >= 15 is 0 Å². The molecule has 0 fully saturated rings. The number of nitrogens with one attached hydrogen (secondary N) is 2. The number of hydrogen-bond acceptors (Lipinski definition) is 6. The normalized spacial score (nSPS) is 11.9. The second kappa shape index (κ2) is 11.6. The number of rotatable bonds is 11. The first-order valence-corrected chi connectivity index (χ1v) is 11.4. The summed E-state index contributed by atoms with van der Waals surface area (Å²) in [6.07, 6.45) is 0. The molecule has 2 aromatic carbocycles. The number of ether oxygens (including phenoxy) is 2. The Bertz CT molecular complexity index is 1110. The van der Waals surface area contributed by atoms with Crippen molar-refractivity contribution in [2.24, 2.45) is 0 Å². The van der Waals surface area contributed by atoms with Gasteiger partial charge in [0.15, 0.2) is 10.6 Å². The molecule has 0 bridgehead atoms. The van der Waals surface area contributed by atoms with Gasteiger partial charge in [0.25, 0.3) is 0 Å². The summed E-state index contributed by atoms with van der Waals surface area (Å²) >= 11 is 5.38. The van der Waals surface area contributed by atoms with Crippen molar-refractivity contribution in [1.29, 1.82) is 0 Å². The second-order valence-corrected chi connectivity index (χ2v) is 7.87. The van der Waals surface area contributed by atoms with E-state index in [-0.39, 0.29) is 18.5 Å². The SMILES string of the molecule is CCN(CC)C(CNC(=O)Cn1c(-c2ccc(OC)cc2)n[nH]c1=S)c1cccc(OC)c1. The molecule has 176 valence electrons. The molecule has 2 N–H and O–H groups in total. The lowest BCUT2D eigenvalue weighted by atomic mass is 10.0. The fourth-order valence-corrected chi connectivity index (χ4v) is 4.00. The number of carbonyl (C=O) groups excluding carboxylic acids is 1. The van der Waals surface area contributed by atoms with Crippen molar-refractivity contribution in [2.75, 3.05) is 33.9 Å². The fourth-order valence-electron chi connectivity index (χ4n) is 3.81. The van der Waals surface area contributed by atoms with Gasteiger partial charge in [0.2, 0.25) is 5.91 Å². The van der Waals surface area contributed by atoms with Gasteiger partial charge in [-0.3, -0.25) is 19.4 Å². The maximum absolute atomic E-state index is 12.9. The summed E-state index contributed by atoms with van der Waals surface area (Å²) in [5.41, 5.74) is 1.94. The number of aromatic amines is 1. The Morgan fingerprint density at radius 2 is 1.82 bits per heavy atom. The van der Waals surface area contributed by atoms with Gasteiger partial charge in [-0.05, 0) is 67.3 Å². The van der Waals surface area contributed by atoms with Gasteiger partial charge < -0.3 is 14.8 Å². The number of methoxy groups -OCH3 is 2. The number of H-pyrrole nitrogens is 1. The van der Waals surface area contributed by atoms with Crippen molar-refractivity contribution in [1.82, 2.24) is 25.0 Å². The highest BCUT2D eigenvalue weighted by molar-refractivity contribution is 7.71. The highest BCUT2D eigenvalue weighted by Gasteiger charge is 2.20. The molecule has 1 aromatic heterocycles. The van der Waals surface area contributed by atoms with Gasteiger partial charge in [-0.15, -0.1) is 0 Å². The minimum Gasteiger partial charge on any atom is -0.497 e. The molecule has 1 unspecified atom stereocenters. The highest BCUT2D eigenvalue weighted by Crippen LogP contribution is 2.24. The summed E-state index contributed by atoms with van der Waals surface area (Å²) in [5.74, 6) is 2.01. The molecule has 0 saturated carbocycles. The summed E-state index contributed by atoms with van der Waals surface area (Å²) in [4.78, 5) is 15.2. The van der Waals surface area contributed by atoms with Crippen LogP contribution in [0.3, 0.4) is 0 Å². The molecule has 1 atom stereocenters. The summed E-state index contributed by atoms with van der Waals surface area (Å²) < 4.78 is 12.7. The number of carbonyl (C=O) groups is 1. The van der Waals surface area contributed by atoms with Crippen molar-refractivity contribution < 1.29 is 14.3 Å². The highest BCUT2D eigenvalue weighted by atomic mass is 32.1. The molecular weight excluding hydrogens is 438 g/mol. The molecule has 3 aromatic rings. The third kappa shape index (κ3) is 6.00. The Morgan fingerprint density at radius 3 is 2.45 bits per heavy atom. The third-order valence-electron chi connectivity index (χ3n) is 5.63. The first kappa shape index (κ1) is 24.5. The van der Waals surface area contributed by atoms with Crippen molar-refractivity contribution in [2.45, 2.75) is 26.4 Å². The molecule has 0 saturated heterocycles. The largest absolute Gasteiger partial charge is 0.497 e. The maximum Gasteiger partial charge on any atom is 0.240 e. The Kier molecular flexibility index (Phi) is 8.62. The first-order valence-electron chi connectivity index (χ1n) is 10.9. The van der Waals surface area contributed by atoms with Crippen LogP contribution in [0.25, 0.3) is 11.4 Å². The van der Waals surface area contributed by atoms with E-state index in [1.54, 1.807) is 18.8 Å². The van der Waals surface area contributed by atoms with Crippen LogP contribution in [0.2, 0.25) is 0 Å². The average molecular weight is 470 g/mol. The molecule has 0 radical (unpaired) electrons. The molecular formula is C24H31N5O3S. The van der Waals surface area contributed by atoms with E-state index < -0.39 is 0 Å². The summed E-state index contributed by atoms with van der Waals surface area (Å²) in [6, 6.07) is 15.5. The Labute approximate surface area is 199 Å². The Balaban J connectivity index is 1.75. The molecule has 8 nitrogen and oxygen atoms in total. The molecule has 0 aliphatic carbocycles. The van der Waals surface area contributed by atoms with Gasteiger partial charge in [0, 0.05) is 12.1 Å². The number of amides is 1. The summed E-state index contributed by atoms with van der Waals surface area (Å²) in [7, 11) is 3.27. The molecule has 0 aliphatic heterocycles. The van der Waals surface area contributed by atoms with Crippen LogP contribution in [0.5, 0.6) is 11.5 Å². The van der Waals surface area contributed by atoms with Crippen LogP contribution >= 0.6 is 12.2 Å². The van der Waals surface area contributed by atoms with Gasteiger partial charge >= 0.3 is 0 Å². The van der Waals surface area contributed by atoms with Crippen LogP contribution in [0, 0.1) is 4.77 Å². The topological polar surface area (TPSA) is 84.4 Å². The average Bonchev–Trinajstić information content (AvgIpc) is 3.21. The minimum atomic E-state index is -0.137. The Morgan fingerprint density at radius 1 is 1.12 bits per heavy atom. The lowest BCUT2D eigenvalue weighted by molar-refractivity contribution is -0.121. The lowest BCUT2D eigenvalue weighted by Crippen LogP contribution is -2.39. The van der Waals surface area contributed by atoms with Crippen molar-refractivity contribution >= 4 is 18.1 Å². The van der Waals surface area contributed by atoms with E-state index in [2.05, 4.69) is 40.3 Å². The zero-order valence-corrected chi connectivity index (χ0v) is 20.3. The third-order valence-corrected chi connectivity index (χ3v) is 5.94. The number of aromatic nitrogens is 3. The summed E-state index contributed by atoms with van der Waals surface area (Å²) in [6.45, 7) is 6.50. The van der Waals surface area contributed by atoms with Crippen molar-refractivity contribution in [3.8, 4) is 22.9 Å². The van der Waals surface area contributed by atoms with E-state index in [0.29, 0.717) is 17.1 Å². The van der Waals surface area contributed by atoms with Gasteiger partial charge in [0.05, 0.1) is 20.3 Å². The molecule has 3 rings (SSSR count). The minimum absolute atomic E-state index is 0.0254. The van der Waals surface area contributed by atoms with Crippen molar-refractivity contribution in [3.05, 3.63) is 58.9 Å². The van der Waals surface area contributed by atoms with E-state index in [9.17, 15) is 4.79 Å². The van der Waals surface area contributed by atoms with Gasteiger partial charge in [0.1, 0.15) is 18.0 Å². The number of benzene rings is 2. The summed E-state index contributed by atoms with van der Waals surface area (Å²) in [5, 5.41) is 10.2. The molecule has 0 aliphatic rings. The van der Waals surface area contributed by atoms with Crippen molar-refractivity contribution in [3.63, 3.8) is 0 Å². The smallest absolute Gasteiger partial charge is 0.240 e. The van der Waals surface area contributed by atoms with E-state index in [1.165, 1.54) is 0 Å². The number of likely N-dealkylation sites (N-methyl/N-ethyl adjacent to an activating group) is 1. The van der Waals surface area contributed by atoms with Gasteiger partial charge in [-0.1, -0.05) is 26.0 Å². The molecule has 0 spiro atoms. The van der Waals surface area contributed by atoms with Crippen LogP contribution in [0.1, 0.15) is 25.5 Å². The number of nitrogens with zero attached hydrogens (tertiary/aromatic N) is 3.